The molecule has 0 aromatic heterocycles. The fourth-order valence-corrected chi connectivity index (χ4v) is 2.27. The van der Waals surface area contributed by atoms with E-state index in [-0.39, 0.29) is 5.41 Å². The number of rotatable bonds is 3. The standard InChI is InChI=1S/C16H21N/c1-4-13-8-7-9-14(12-13)16(2,3)15-10-5-6-11-17-15/h5-12,15,17H,4H2,1-3H3. The maximum atomic E-state index is 3.43. The van der Waals surface area contributed by atoms with Gasteiger partial charge in [0, 0.05) is 5.41 Å². The molecule has 0 aliphatic carbocycles. The predicted molar refractivity (Wildman–Crippen MR) is 74.0 cm³/mol. The van der Waals surface area contributed by atoms with Crippen molar-refractivity contribution in [1.82, 2.24) is 5.32 Å². The minimum absolute atomic E-state index is 0.104. The second-order valence-corrected chi connectivity index (χ2v) is 5.16. The van der Waals surface area contributed by atoms with Crippen LogP contribution >= 0.6 is 0 Å². The molecular formula is C16H21N. The number of hydrogen-bond acceptors (Lipinski definition) is 1. The van der Waals surface area contributed by atoms with Crippen LogP contribution in [-0.4, -0.2) is 6.04 Å². The Balaban J connectivity index is 2.29. The Morgan fingerprint density at radius 1 is 1.24 bits per heavy atom. The molecule has 1 atom stereocenters. The highest BCUT2D eigenvalue weighted by Crippen LogP contribution is 2.29. The molecule has 1 aliphatic heterocycles. The van der Waals surface area contributed by atoms with E-state index in [0.29, 0.717) is 6.04 Å². The van der Waals surface area contributed by atoms with Crippen molar-refractivity contribution in [3.63, 3.8) is 0 Å². The van der Waals surface area contributed by atoms with Gasteiger partial charge in [-0.1, -0.05) is 57.2 Å². The molecule has 1 heteroatoms. The van der Waals surface area contributed by atoms with Gasteiger partial charge in [0.05, 0.1) is 6.04 Å². The van der Waals surface area contributed by atoms with Crippen molar-refractivity contribution in [2.45, 2.75) is 38.6 Å². The summed E-state index contributed by atoms with van der Waals surface area (Å²) >= 11 is 0. The Kier molecular flexibility index (Phi) is 3.37. The number of dihydropyridines is 1. The summed E-state index contributed by atoms with van der Waals surface area (Å²) in [5, 5.41) is 3.43. The second kappa shape index (κ2) is 4.79. The topological polar surface area (TPSA) is 12.0 Å². The van der Waals surface area contributed by atoms with E-state index in [1.165, 1.54) is 11.1 Å². The number of hydrogen-bond donors (Lipinski definition) is 1. The molecule has 0 radical (unpaired) electrons. The minimum Gasteiger partial charge on any atom is -0.384 e. The molecule has 0 saturated heterocycles. The van der Waals surface area contributed by atoms with Crippen molar-refractivity contribution in [3.8, 4) is 0 Å². The molecule has 17 heavy (non-hydrogen) atoms. The van der Waals surface area contributed by atoms with Crippen molar-refractivity contribution in [2.24, 2.45) is 0 Å². The maximum Gasteiger partial charge on any atom is 0.0533 e. The van der Waals surface area contributed by atoms with Crippen molar-refractivity contribution in [2.75, 3.05) is 0 Å². The lowest BCUT2D eigenvalue weighted by molar-refractivity contribution is 0.424. The van der Waals surface area contributed by atoms with Crippen molar-refractivity contribution >= 4 is 0 Å². The third-order valence-electron chi connectivity index (χ3n) is 3.64. The number of allylic oxidation sites excluding steroid dienone is 2. The SMILES string of the molecule is CCc1cccc(C(C)(C)C2C=CC=CN2)c1. The molecule has 0 bridgehead atoms. The molecule has 0 saturated carbocycles. The van der Waals surface area contributed by atoms with E-state index in [0.717, 1.165) is 6.42 Å². The summed E-state index contributed by atoms with van der Waals surface area (Å²) in [6.45, 7) is 6.79. The fourth-order valence-electron chi connectivity index (χ4n) is 2.27. The highest BCUT2D eigenvalue weighted by atomic mass is 14.9. The fraction of sp³-hybridized carbons (Fsp3) is 0.375. The zero-order chi connectivity index (χ0) is 12.3. The van der Waals surface area contributed by atoms with Crippen LogP contribution in [0.4, 0.5) is 0 Å². The van der Waals surface area contributed by atoms with Crippen molar-refractivity contribution in [1.29, 1.82) is 0 Å². The first-order valence-electron chi connectivity index (χ1n) is 6.33. The summed E-state index contributed by atoms with van der Waals surface area (Å²) < 4.78 is 0. The third-order valence-corrected chi connectivity index (χ3v) is 3.64. The van der Waals surface area contributed by atoms with Crippen LogP contribution in [0, 0.1) is 0 Å². The van der Waals surface area contributed by atoms with E-state index in [4.69, 9.17) is 0 Å². The molecule has 90 valence electrons. The second-order valence-electron chi connectivity index (χ2n) is 5.16. The van der Waals surface area contributed by atoms with Gasteiger partial charge >= 0.3 is 0 Å². The van der Waals surface area contributed by atoms with Gasteiger partial charge in [0.1, 0.15) is 0 Å². The molecule has 1 unspecified atom stereocenters. The number of benzene rings is 1. The van der Waals surface area contributed by atoms with Gasteiger partial charge in [-0.05, 0) is 29.8 Å². The van der Waals surface area contributed by atoms with Gasteiger partial charge in [0.2, 0.25) is 0 Å². The zero-order valence-corrected chi connectivity index (χ0v) is 10.9. The van der Waals surface area contributed by atoms with Gasteiger partial charge in [-0.15, -0.1) is 0 Å². The summed E-state index contributed by atoms with van der Waals surface area (Å²) in [5.41, 5.74) is 2.91. The normalized spacial score (nSPS) is 19.1. The maximum absolute atomic E-state index is 3.43. The summed E-state index contributed by atoms with van der Waals surface area (Å²) in [7, 11) is 0. The van der Waals surface area contributed by atoms with Crippen LogP contribution in [-0.2, 0) is 11.8 Å². The van der Waals surface area contributed by atoms with Gasteiger partial charge in [-0.2, -0.15) is 0 Å². The molecule has 1 N–H and O–H groups in total. The summed E-state index contributed by atoms with van der Waals surface area (Å²) in [4.78, 5) is 0. The average Bonchev–Trinajstić information content (AvgIpc) is 2.40. The van der Waals surface area contributed by atoms with E-state index in [2.05, 4.69) is 62.5 Å². The van der Waals surface area contributed by atoms with Gasteiger partial charge < -0.3 is 5.32 Å². The molecule has 0 fully saturated rings. The molecule has 1 aromatic rings. The molecule has 1 nitrogen and oxygen atoms in total. The van der Waals surface area contributed by atoms with E-state index in [9.17, 15) is 0 Å². The molecular weight excluding hydrogens is 206 g/mol. The first-order valence-corrected chi connectivity index (χ1v) is 6.33. The number of aryl methyl sites for hydroxylation is 1. The van der Waals surface area contributed by atoms with Crippen LogP contribution < -0.4 is 5.32 Å². The largest absolute Gasteiger partial charge is 0.384 e. The van der Waals surface area contributed by atoms with E-state index < -0.39 is 0 Å². The third kappa shape index (κ3) is 2.44. The Labute approximate surface area is 104 Å². The Hall–Kier alpha value is -1.50. The quantitative estimate of drug-likeness (QED) is 0.832. The first kappa shape index (κ1) is 12.0. The Morgan fingerprint density at radius 2 is 2.06 bits per heavy atom. The van der Waals surface area contributed by atoms with E-state index in [1.807, 2.05) is 12.3 Å². The van der Waals surface area contributed by atoms with Crippen LogP contribution in [0.5, 0.6) is 0 Å². The van der Waals surface area contributed by atoms with Gasteiger partial charge in [-0.3, -0.25) is 0 Å². The van der Waals surface area contributed by atoms with Crippen LogP contribution in [0.25, 0.3) is 0 Å². The Morgan fingerprint density at radius 3 is 2.71 bits per heavy atom. The monoisotopic (exact) mass is 227 g/mol. The smallest absolute Gasteiger partial charge is 0.0533 e. The summed E-state index contributed by atoms with van der Waals surface area (Å²) in [6, 6.07) is 9.28. The highest BCUT2D eigenvalue weighted by molar-refractivity contribution is 5.33. The lowest BCUT2D eigenvalue weighted by Crippen LogP contribution is -2.42. The van der Waals surface area contributed by atoms with Crippen LogP contribution in [0.3, 0.4) is 0 Å². The number of nitrogens with one attached hydrogen (secondary N) is 1. The van der Waals surface area contributed by atoms with Crippen LogP contribution in [0.2, 0.25) is 0 Å². The summed E-state index contributed by atoms with van der Waals surface area (Å²) in [5.74, 6) is 0. The molecule has 1 aliphatic rings. The van der Waals surface area contributed by atoms with E-state index in [1.54, 1.807) is 0 Å². The Bertz CT molecular complexity index is 441. The van der Waals surface area contributed by atoms with Crippen molar-refractivity contribution in [3.05, 3.63) is 59.8 Å². The molecule has 0 amide bonds. The van der Waals surface area contributed by atoms with Gasteiger partial charge in [0.25, 0.3) is 0 Å². The van der Waals surface area contributed by atoms with Crippen LogP contribution in [0.15, 0.2) is 48.7 Å². The lowest BCUT2D eigenvalue weighted by atomic mass is 9.76. The molecule has 1 heterocycles. The predicted octanol–water partition coefficient (Wildman–Crippen LogP) is 3.57. The lowest BCUT2D eigenvalue weighted by Gasteiger charge is -2.34. The van der Waals surface area contributed by atoms with E-state index >= 15 is 0 Å². The first-order chi connectivity index (χ1) is 8.14. The molecule has 1 aromatic carbocycles. The minimum atomic E-state index is 0.104. The summed E-state index contributed by atoms with van der Waals surface area (Å²) in [6.07, 6.45) is 9.51. The van der Waals surface area contributed by atoms with Gasteiger partial charge in [0.15, 0.2) is 0 Å². The average molecular weight is 227 g/mol. The van der Waals surface area contributed by atoms with Gasteiger partial charge in [-0.25, -0.2) is 0 Å². The zero-order valence-electron chi connectivity index (χ0n) is 10.9. The molecule has 0 spiro atoms. The highest BCUT2D eigenvalue weighted by Gasteiger charge is 2.29. The van der Waals surface area contributed by atoms with Crippen molar-refractivity contribution < 1.29 is 0 Å². The molecule has 2 rings (SSSR count). The van der Waals surface area contributed by atoms with Crippen LogP contribution in [0.1, 0.15) is 31.9 Å².